The third kappa shape index (κ3) is 3.88. The lowest BCUT2D eigenvalue weighted by Crippen LogP contribution is -2.65. The van der Waals surface area contributed by atoms with Gasteiger partial charge in [0.1, 0.15) is 0 Å². The normalized spacial score (nSPS) is 25.2. The predicted octanol–water partition coefficient (Wildman–Crippen LogP) is 11.2. The summed E-state index contributed by atoms with van der Waals surface area (Å²) < 4.78 is 0. The van der Waals surface area contributed by atoms with E-state index in [4.69, 9.17) is 0 Å². The molecule has 0 bridgehead atoms. The third-order valence-corrected chi connectivity index (χ3v) is 15.8. The molecule has 0 N–H and O–H groups in total. The molecule has 4 heteroatoms. The van der Waals surface area contributed by atoms with Gasteiger partial charge in [0, 0.05) is 51.1 Å². The van der Waals surface area contributed by atoms with Gasteiger partial charge in [-0.15, -0.1) is 0 Å². The topological polar surface area (TPSA) is 9.72 Å². The Morgan fingerprint density at radius 3 is 2.09 bits per heavy atom. The highest BCUT2D eigenvalue weighted by Gasteiger charge is 2.64. The number of fused-ring (bicyclic) bond motifs is 12. The van der Waals surface area contributed by atoms with E-state index in [9.17, 15) is 0 Å². The summed E-state index contributed by atoms with van der Waals surface area (Å²) in [6.07, 6.45) is 7.00. The molecule has 4 aliphatic heterocycles. The average Bonchev–Trinajstić information content (AvgIpc) is 3.69. The molecule has 4 heterocycles. The number of rotatable bonds is 3. The van der Waals surface area contributed by atoms with Gasteiger partial charge in [-0.25, -0.2) is 0 Å². The molecule has 7 aromatic rings. The Kier molecular flexibility index (Phi) is 6.59. The van der Waals surface area contributed by atoms with Crippen LogP contribution in [0.1, 0.15) is 79.7 Å². The zero-order chi connectivity index (χ0) is 38.4. The van der Waals surface area contributed by atoms with Crippen LogP contribution in [0.4, 0.5) is 39.8 Å². The minimum Gasteiger partial charge on any atom is -0.335 e. The number of anilines is 7. The highest BCUT2D eigenvalue weighted by atomic mass is 15.3. The maximum absolute atomic E-state index is 2.90. The van der Waals surface area contributed by atoms with Crippen LogP contribution in [0.2, 0.25) is 0 Å². The van der Waals surface area contributed by atoms with Crippen LogP contribution < -0.4 is 31.1 Å². The molecular formula is C54H46BN3. The molecule has 0 radical (unpaired) electrons. The van der Waals surface area contributed by atoms with Crippen molar-refractivity contribution >= 4 is 62.9 Å². The molecule has 280 valence electrons. The fourth-order valence-electron chi connectivity index (χ4n) is 13.6. The monoisotopic (exact) mass is 747 g/mol. The van der Waals surface area contributed by atoms with Gasteiger partial charge in [-0.1, -0.05) is 140 Å². The van der Waals surface area contributed by atoms with Gasteiger partial charge in [0.15, 0.2) is 0 Å². The van der Waals surface area contributed by atoms with Crippen molar-refractivity contribution in [2.45, 2.75) is 74.8 Å². The van der Waals surface area contributed by atoms with Crippen molar-refractivity contribution in [1.82, 2.24) is 0 Å². The van der Waals surface area contributed by atoms with Crippen molar-refractivity contribution in [2.75, 3.05) is 14.7 Å². The molecule has 1 saturated carbocycles. The standard InChI is InChI=1S/C54H46BN3/c1-52-32-15-16-33-54(52,37-19-5-3-6-20-37)43-25-17-27-45-51(43)58(52)49-35-39(34-48-50(49)55(45)44-26-12-14-29-47(44)56(48)38-21-7-4-8-22-38)57-46-28-13-10-23-40(46)42-31-30-36-18-9-11-24-41(36)53(42,57)2/h3-14,17-29,34-35,42H,15-16,30-33H2,1-2H3. The van der Waals surface area contributed by atoms with Crippen molar-refractivity contribution in [1.29, 1.82) is 0 Å². The Labute approximate surface area is 342 Å². The molecule has 0 aromatic heterocycles. The average molecular weight is 748 g/mol. The van der Waals surface area contributed by atoms with Crippen LogP contribution in [-0.4, -0.2) is 12.3 Å². The molecule has 58 heavy (non-hydrogen) atoms. The molecule has 6 aliphatic rings. The lowest BCUT2D eigenvalue weighted by atomic mass is 9.33. The molecular weight excluding hydrogens is 701 g/mol. The lowest BCUT2D eigenvalue weighted by molar-refractivity contribution is 0.215. The van der Waals surface area contributed by atoms with Gasteiger partial charge in [-0.3, -0.25) is 0 Å². The quantitative estimate of drug-likeness (QED) is 0.167. The minimum atomic E-state index is -0.242. The summed E-state index contributed by atoms with van der Waals surface area (Å²) in [5, 5.41) is 0. The van der Waals surface area contributed by atoms with Crippen molar-refractivity contribution < 1.29 is 0 Å². The molecule has 2 aliphatic carbocycles. The Morgan fingerprint density at radius 2 is 1.22 bits per heavy atom. The number of benzene rings is 7. The van der Waals surface area contributed by atoms with Crippen molar-refractivity contribution in [2.24, 2.45) is 0 Å². The first kappa shape index (κ1) is 33.0. The minimum absolute atomic E-state index is 0.114. The molecule has 0 amide bonds. The summed E-state index contributed by atoms with van der Waals surface area (Å²) in [5.41, 5.74) is 20.3. The molecule has 4 atom stereocenters. The van der Waals surface area contributed by atoms with Gasteiger partial charge in [0.05, 0.1) is 11.1 Å². The SMILES string of the molecule is CC12c3ccccc3CCC1c1ccccc1N2c1cc2c3c(c1)N1c4c(cccc4C4(c5ccccc5)CCCCC14C)B3c1ccccc1N2c1ccccc1. The van der Waals surface area contributed by atoms with Crippen LogP contribution in [0.15, 0.2) is 164 Å². The van der Waals surface area contributed by atoms with Gasteiger partial charge in [-0.05, 0) is 120 Å². The highest BCUT2D eigenvalue weighted by molar-refractivity contribution is 7.00. The summed E-state index contributed by atoms with van der Waals surface area (Å²) in [7, 11) is 0. The number of para-hydroxylation sites is 4. The molecule has 0 saturated heterocycles. The van der Waals surface area contributed by atoms with Crippen LogP contribution in [0, 0.1) is 0 Å². The smallest absolute Gasteiger partial charge is 0.252 e. The van der Waals surface area contributed by atoms with Crippen LogP contribution in [-0.2, 0) is 17.4 Å². The summed E-state index contributed by atoms with van der Waals surface area (Å²) in [4.78, 5) is 8.26. The third-order valence-electron chi connectivity index (χ3n) is 15.8. The van der Waals surface area contributed by atoms with Crippen molar-refractivity contribution in [3.05, 3.63) is 192 Å². The fraction of sp³-hybridized carbons (Fsp3) is 0.222. The van der Waals surface area contributed by atoms with Gasteiger partial charge in [0.25, 0.3) is 6.71 Å². The second-order valence-electron chi connectivity index (χ2n) is 18.2. The number of aryl methyl sites for hydroxylation is 1. The van der Waals surface area contributed by atoms with Gasteiger partial charge in [0.2, 0.25) is 0 Å². The van der Waals surface area contributed by atoms with E-state index in [0.717, 1.165) is 25.7 Å². The van der Waals surface area contributed by atoms with E-state index in [-0.39, 0.29) is 23.2 Å². The van der Waals surface area contributed by atoms with Crippen LogP contribution in [0.5, 0.6) is 0 Å². The second-order valence-corrected chi connectivity index (χ2v) is 18.2. The molecule has 13 rings (SSSR count). The zero-order valence-corrected chi connectivity index (χ0v) is 33.3. The lowest BCUT2D eigenvalue weighted by Gasteiger charge is -2.54. The van der Waals surface area contributed by atoms with E-state index < -0.39 is 0 Å². The molecule has 1 fully saturated rings. The van der Waals surface area contributed by atoms with E-state index in [1.165, 1.54) is 96.9 Å². The van der Waals surface area contributed by atoms with Crippen LogP contribution in [0.25, 0.3) is 0 Å². The fourth-order valence-corrected chi connectivity index (χ4v) is 13.6. The number of nitrogens with zero attached hydrogens (tertiary/aromatic N) is 3. The summed E-state index contributed by atoms with van der Waals surface area (Å²) >= 11 is 0. The van der Waals surface area contributed by atoms with Crippen molar-refractivity contribution in [3.8, 4) is 0 Å². The largest absolute Gasteiger partial charge is 0.335 e. The predicted molar refractivity (Wildman–Crippen MR) is 242 cm³/mol. The summed E-state index contributed by atoms with van der Waals surface area (Å²) in [6.45, 7) is 5.27. The molecule has 3 nitrogen and oxygen atoms in total. The first-order valence-electron chi connectivity index (χ1n) is 21.6. The highest BCUT2D eigenvalue weighted by Crippen LogP contribution is 2.66. The Balaban J connectivity index is 1.16. The first-order valence-corrected chi connectivity index (χ1v) is 21.6. The first-order chi connectivity index (χ1) is 28.5. The maximum Gasteiger partial charge on any atom is 0.252 e. The van der Waals surface area contributed by atoms with Gasteiger partial charge in [-0.2, -0.15) is 0 Å². The Bertz CT molecular complexity index is 2830. The van der Waals surface area contributed by atoms with E-state index in [2.05, 4.69) is 192 Å². The van der Waals surface area contributed by atoms with Crippen molar-refractivity contribution in [3.63, 3.8) is 0 Å². The van der Waals surface area contributed by atoms with Gasteiger partial charge < -0.3 is 14.7 Å². The van der Waals surface area contributed by atoms with E-state index >= 15 is 0 Å². The van der Waals surface area contributed by atoms with E-state index in [1.54, 1.807) is 0 Å². The van der Waals surface area contributed by atoms with Crippen LogP contribution >= 0.6 is 0 Å². The van der Waals surface area contributed by atoms with E-state index in [1.807, 2.05) is 0 Å². The molecule has 7 aromatic carbocycles. The second kappa shape index (κ2) is 11.6. The molecule has 0 spiro atoms. The maximum atomic E-state index is 2.90. The van der Waals surface area contributed by atoms with Gasteiger partial charge >= 0.3 is 0 Å². The summed E-state index contributed by atoms with van der Waals surface area (Å²) in [6, 6.07) is 63.1. The van der Waals surface area contributed by atoms with Crippen LogP contribution in [0.3, 0.4) is 0 Å². The number of hydrogen-bond donors (Lipinski definition) is 0. The van der Waals surface area contributed by atoms with E-state index in [0.29, 0.717) is 5.92 Å². The molecule has 4 unspecified atom stereocenters. The Morgan fingerprint density at radius 1 is 0.552 bits per heavy atom. The Hall–Kier alpha value is -6.00. The summed E-state index contributed by atoms with van der Waals surface area (Å²) in [5.74, 6) is 0.394. The number of hydrogen-bond acceptors (Lipinski definition) is 3. The zero-order valence-electron chi connectivity index (χ0n) is 33.3.